The minimum atomic E-state index is -2.18. The van der Waals surface area contributed by atoms with Crippen LogP contribution in [0.4, 0.5) is 4.39 Å². The summed E-state index contributed by atoms with van der Waals surface area (Å²) in [5.41, 5.74) is 5.27. The molecule has 5 rings (SSSR count). The van der Waals surface area contributed by atoms with E-state index in [2.05, 4.69) is 4.98 Å². The number of ketones is 2. The van der Waals surface area contributed by atoms with Gasteiger partial charge in [0.1, 0.15) is 11.6 Å². The zero-order chi connectivity index (χ0) is 26.4. The Bertz CT molecular complexity index is 1430. The fourth-order valence-corrected chi connectivity index (χ4v) is 4.63. The van der Waals surface area contributed by atoms with Gasteiger partial charge < -0.3 is 30.2 Å². The van der Waals surface area contributed by atoms with E-state index in [0.717, 1.165) is 0 Å². The highest BCUT2D eigenvalue weighted by atomic mass is 19.1. The minimum absolute atomic E-state index is 0.00877. The van der Waals surface area contributed by atoms with E-state index in [-0.39, 0.29) is 46.1 Å². The summed E-state index contributed by atoms with van der Waals surface area (Å²) in [6, 6.07) is 9.28. The van der Waals surface area contributed by atoms with Gasteiger partial charge in [0.25, 0.3) is 0 Å². The van der Waals surface area contributed by atoms with E-state index in [1.54, 1.807) is 18.2 Å². The number of halogens is 1. The molecule has 11 heteroatoms. The maximum atomic E-state index is 15.5. The Morgan fingerprint density at radius 2 is 1.81 bits per heavy atom. The maximum absolute atomic E-state index is 15.5. The average Bonchev–Trinajstić information content (AvgIpc) is 2.89. The molecule has 0 radical (unpaired) electrons. The van der Waals surface area contributed by atoms with Crippen LogP contribution < -0.4 is 10.5 Å². The summed E-state index contributed by atoms with van der Waals surface area (Å²) in [6.07, 6.45) is -6.91. The van der Waals surface area contributed by atoms with Crippen molar-refractivity contribution >= 4 is 28.4 Å². The molecule has 2 heterocycles. The van der Waals surface area contributed by atoms with Crippen molar-refractivity contribution in [1.29, 1.82) is 0 Å². The molecule has 192 valence electrons. The number of hydrogen-bond acceptors (Lipinski definition) is 10. The summed E-state index contributed by atoms with van der Waals surface area (Å²) < 4.78 is 31.8. The molecular weight excluding hydrogens is 487 g/mol. The van der Waals surface area contributed by atoms with Crippen LogP contribution in [0.3, 0.4) is 0 Å². The molecule has 2 aromatic carbocycles. The van der Waals surface area contributed by atoms with E-state index in [0.29, 0.717) is 0 Å². The van der Waals surface area contributed by atoms with Gasteiger partial charge in [-0.15, -0.1) is 0 Å². The first-order valence-electron chi connectivity index (χ1n) is 11.6. The van der Waals surface area contributed by atoms with E-state index in [4.69, 9.17) is 19.9 Å². The van der Waals surface area contributed by atoms with Crippen LogP contribution in [0, 0.1) is 0 Å². The van der Waals surface area contributed by atoms with E-state index < -0.39 is 59.8 Å². The van der Waals surface area contributed by atoms with Crippen molar-refractivity contribution in [2.24, 2.45) is 5.73 Å². The fraction of sp³-hybridized carbons (Fsp3) is 0.308. The molecule has 5 atom stereocenters. The smallest absolute Gasteiger partial charge is 0.307 e. The van der Waals surface area contributed by atoms with Gasteiger partial charge in [-0.3, -0.25) is 19.4 Å². The Hall–Kier alpha value is -3.93. The van der Waals surface area contributed by atoms with E-state index in [1.807, 2.05) is 0 Å². The lowest BCUT2D eigenvalue weighted by atomic mass is 9.81. The van der Waals surface area contributed by atoms with Crippen LogP contribution in [0.5, 0.6) is 11.5 Å². The minimum Gasteiger partial charge on any atom is -0.504 e. The third kappa shape index (κ3) is 4.01. The number of phenolic OH excluding ortho intramolecular Hbond substituents is 1. The molecule has 1 aliphatic heterocycles. The van der Waals surface area contributed by atoms with Crippen LogP contribution in [-0.2, 0) is 14.3 Å². The van der Waals surface area contributed by atoms with Crippen molar-refractivity contribution < 1.29 is 43.2 Å². The quantitative estimate of drug-likeness (QED) is 0.338. The van der Waals surface area contributed by atoms with E-state index >= 15 is 4.39 Å². The molecule has 2 aliphatic rings. The highest BCUT2D eigenvalue weighted by Gasteiger charge is 2.48. The molecule has 0 amide bonds. The maximum Gasteiger partial charge on any atom is 0.307 e. The van der Waals surface area contributed by atoms with Crippen molar-refractivity contribution in [2.75, 3.05) is 6.54 Å². The number of rotatable bonds is 5. The molecule has 1 fully saturated rings. The standard InChI is InChI=1S/C26H23FN2O8/c1-11-20(31)24(36-15(30)8-9-28)18(27)26(35-11)37-25-19-14(7-4-10-29-19)16-17(23(25)34)22(33)13-6-3-2-5-12(13)21(16)32/h2-7,10-11,18,20,24,26,31,34H,8-9,28H2,1H3/t11-,18-,20+,24-,26+/m0/s1. The fourth-order valence-electron chi connectivity index (χ4n) is 4.63. The number of aliphatic hydroxyl groups excluding tert-OH is 1. The second-order valence-corrected chi connectivity index (χ2v) is 8.79. The van der Waals surface area contributed by atoms with Gasteiger partial charge in [0.15, 0.2) is 29.2 Å². The van der Waals surface area contributed by atoms with Gasteiger partial charge in [0.05, 0.1) is 18.1 Å². The van der Waals surface area contributed by atoms with E-state index in [1.165, 1.54) is 31.3 Å². The molecule has 1 aromatic heterocycles. The highest BCUT2D eigenvalue weighted by molar-refractivity contribution is 6.33. The number of carbonyl (C=O) groups excluding carboxylic acids is 3. The summed E-state index contributed by atoms with van der Waals surface area (Å²) in [7, 11) is 0. The van der Waals surface area contributed by atoms with Gasteiger partial charge in [-0.1, -0.05) is 30.3 Å². The average molecular weight is 510 g/mol. The van der Waals surface area contributed by atoms with Gasteiger partial charge in [0, 0.05) is 34.8 Å². The lowest BCUT2D eigenvalue weighted by Crippen LogP contribution is -2.58. The van der Waals surface area contributed by atoms with Crippen LogP contribution in [0.2, 0.25) is 0 Å². The molecule has 1 aliphatic carbocycles. The van der Waals surface area contributed by atoms with Crippen LogP contribution in [0.1, 0.15) is 45.2 Å². The van der Waals surface area contributed by atoms with Crippen molar-refractivity contribution in [3.05, 3.63) is 64.8 Å². The normalized spacial score (nSPS) is 24.9. The van der Waals surface area contributed by atoms with Gasteiger partial charge in [-0.2, -0.15) is 0 Å². The Morgan fingerprint density at radius 1 is 1.14 bits per heavy atom. The monoisotopic (exact) mass is 510 g/mol. The van der Waals surface area contributed by atoms with E-state index in [9.17, 15) is 24.6 Å². The van der Waals surface area contributed by atoms with Crippen LogP contribution in [-0.4, -0.2) is 70.1 Å². The SMILES string of the molecule is C[C@@H]1O[C@H](Oc2c(O)c3c(c4cccnc24)C(=O)c2ccccc2C3=O)[C@@H](F)[C@H](OC(=O)CCN)[C@@H]1O. The van der Waals surface area contributed by atoms with Crippen molar-refractivity contribution in [2.45, 2.75) is 44.1 Å². The number of esters is 1. The zero-order valence-electron chi connectivity index (χ0n) is 19.6. The largest absolute Gasteiger partial charge is 0.504 e. The number of nitrogens with two attached hydrogens (primary N) is 1. The first-order valence-corrected chi connectivity index (χ1v) is 11.6. The van der Waals surface area contributed by atoms with Crippen LogP contribution >= 0.6 is 0 Å². The number of phenols is 1. The molecule has 1 saturated heterocycles. The Labute approximate surface area is 209 Å². The summed E-state index contributed by atoms with van der Waals surface area (Å²) in [5, 5.41) is 21.8. The van der Waals surface area contributed by atoms with Gasteiger partial charge in [-0.05, 0) is 13.0 Å². The van der Waals surface area contributed by atoms with Crippen molar-refractivity contribution in [3.63, 3.8) is 0 Å². The number of aliphatic hydroxyl groups is 1. The van der Waals surface area contributed by atoms with Gasteiger partial charge >= 0.3 is 5.97 Å². The highest BCUT2D eigenvalue weighted by Crippen LogP contribution is 2.45. The first-order chi connectivity index (χ1) is 17.7. The number of fused-ring (bicyclic) bond motifs is 4. The topological polar surface area (TPSA) is 158 Å². The first kappa shape index (κ1) is 24.8. The molecule has 3 aromatic rings. The molecule has 10 nitrogen and oxygen atoms in total. The summed E-state index contributed by atoms with van der Waals surface area (Å²) in [4.78, 5) is 42.9. The third-order valence-corrected chi connectivity index (χ3v) is 6.45. The second kappa shape index (κ2) is 9.51. The molecule has 4 N–H and O–H groups in total. The number of pyridine rings is 1. The molecule has 0 spiro atoms. The Balaban J connectivity index is 1.60. The van der Waals surface area contributed by atoms with Gasteiger partial charge in [-0.25, -0.2) is 4.39 Å². The second-order valence-electron chi connectivity index (χ2n) is 8.79. The lowest BCUT2D eigenvalue weighted by Gasteiger charge is -2.39. The summed E-state index contributed by atoms with van der Waals surface area (Å²) in [6.45, 7) is 1.40. The number of aromatic nitrogens is 1. The van der Waals surface area contributed by atoms with Crippen molar-refractivity contribution in [3.8, 4) is 11.5 Å². The number of nitrogens with zero attached hydrogens (tertiary/aromatic N) is 1. The summed E-state index contributed by atoms with van der Waals surface area (Å²) in [5.74, 6) is -3.00. The number of benzene rings is 2. The van der Waals surface area contributed by atoms with Crippen LogP contribution in [0.25, 0.3) is 10.9 Å². The van der Waals surface area contributed by atoms with Crippen molar-refractivity contribution in [1.82, 2.24) is 4.98 Å². The lowest BCUT2D eigenvalue weighted by molar-refractivity contribution is -0.257. The Kier molecular flexibility index (Phi) is 6.36. The molecular formula is C26H23FN2O8. The zero-order valence-corrected chi connectivity index (χ0v) is 19.6. The number of ether oxygens (including phenoxy) is 3. The number of hydrogen-bond donors (Lipinski definition) is 3. The third-order valence-electron chi connectivity index (χ3n) is 6.45. The van der Waals surface area contributed by atoms with Crippen LogP contribution in [0.15, 0.2) is 42.6 Å². The molecule has 0 bridgehead atoms. The predicted octanol–water partition coefficient (Wildman–Crippen LogP) is 1.80. The van der Waals surface area contributed by atoms with Gasteiger partial charge in [0.2, 0.25) is 12.5 Å². The molecule has 37 heavy (non-hydrogen) atoms. The summed E-state index contributed by atoms with van der Waals surface area (Å²) >= 11 is 0. The molecule has 0 saturated carbocycles. The number of aromatic hydroxyl groups is 1. The molecule has 0 unspecified atom stereocenters. The Morgan fingerprint density at radius 3 is 2.49 bits per heavy atom. The number of alkyl halides is 1. The number of carbonyl (C=O) groups is 3. The predicted molar refractivity (Wildman–Crippen MR) is 126 cm³/mol.